The number of aliphatic hydroxyl groups is 1. The number of benzene rings is 2. The van der Waals surface area contributed by atoms with Gasteiger partial charge >= 0.3 is 0 Å². The molecule has 0 fully saturated rings. The standard InChI is InChI=1S/C16H18N4O3/c1-2-3-16(21)17-12-4-6-13(7-5-12)18-19-14-8-10-15(11-9-14)20(22)23/h4-11,16-17,21H,2-3H2,1H3. The van der Waals surface area contributed by atoms with Gasteiger partial charge in [-0.25, -0.2) is 0 Å². The molecule has 0 radical (unpaired) electrons. The molecule has 120 valence electrons. The number of anilines is 1. The first kappa shape index (κ1) is 16.6. The molecular weight excluding hydrogens is 296 g/mol. The van der Waals surface area contributed by atoms with E-state index in [1.54, 1.807) is 24.3 Å². The smallest absolute Gasteiger partial charge is 0.269 e. The molecule has 2 aromatic carbocycles. The SMILES string of the molecule is CCCC(O)Nc1ccc(N=Nc2ccc([N+](=O)[O-])cc2)cc1. The Labute approximate surface area is 133 Å². The predicted molar refractivity (Wildman–Crippen MR) is 88.3 cm³/mol. The van der Waals surface area contributed by atoms with Crippen LogP contribution >= 0.6 is 0 Å². The molecule has 0 saturated heterocycles. The molecule has 0 heterocycles. The fourth-order valence-corrected chi connectivity index (χ4v) is 1.92. The monoisotopic (exact) mass is 314 g/mol. The molecule has 2 rings (SSSR count). The van der Waals surface area contributed by atoms with Crippen molar-refractivity contribution in [2.75, 3.05) is 5.32 Å². The summed E-state index contributed by atoms with van der Waals surface area (Å²) in [5, 5.41) is 31.3. The molecule has 0 bridgehead atoms. The summed E-state index contributed by atoms with van der Waals surface area (Å²) >= 11 is 0. The molecule has 2 aromatic rings. The summed E-state index contributed by atoms with van der Waals surface area (Å²) in [6.45, 7) is 2.01. The van der Waals surface area contributed by atoms with Crippen molar-refractivity contribution in [1.29, 1.82) is 0 Å². The van der Waals surface area contributed by atoms with E-state index in [4.69, 9.17) is 0 Å². The van der Waals surface area contributed by atoms with E-state index in [0.717, 1.165) is 12.1 Å². The fourth-order valence-electron chi connectivity index (χ4n) is 1.92. The second-order valence-corrected chi connectivity index (χ2v) is 4.97. The van der Waals surface area contributed by atoms with Crippen LogP contribution in [-0.4, -0.2) is 16.3 Å². The summed E-state index contributed by atoms with van der Waals surface area (Å²) < 4.78 is 0. The third kappa shape index (κ3) is 5.15. The number of nitrogens with zero attached hydrogens (tertiary/aromatic N) is 3. The van der Waals surface area contributed by atoms with Gasteiger partial charge < -0.3 is 10.4 Å². The van der Waals surface area contributed by atoms with E-state index >= 15 is 0 Å². The van der Waals surface area contributed by atoms with Gasteiger partial charge in [0.05, 0.1) is 16.3 Å². The van der Waals surface area contributed by atoms with Gasteiger partial charge in [0.2, 0.25) is 0 Å². The third-order valence-electron chi connectivity index (χ3n) is 3.10. The highest BCUT2D eigenvalue weighted by Gasteiger charge is 2.03. The minimum Gasteiger partial charge on any atom is -0.374 e. The van der Waals surface area contributed by atoms with Crippen molar-refractivity contribution in [3.8, 4) is 0 Å². The van der Waals surface area contributed by atoms with Gasteiger partial charge in [0, 0.05) is 17.8 Å². The van der Waals surface area contributed by atoms with E-state index in [0.29, 0.717) is 17.8 Å². The van der Waals surface area contributed by atoms with Crippen LogP contribution in [0.15, 0.2) is 58.8 Å². The maximum atomic E-state index is 10.6. The molecule has 0 aliphatic carbocycles. The molecule has 7 heteroatoms. The summed E-state index contributed by atoms with van der Waals surface area (Å²) in [4.78, 5) is 10.1. The fraction of sp³-hybridized carbons (Fsp3) is 0.250. The van der Waals surface area contributed by atoms with Gasteiger partial charge in [-0.15, -0.1) is 0 Å². The lowest BCUT2D eigenvalue weighted by Crippen LogP contribution is -2.17. The number of nitro benzene ring substituents is 1. The van der Waals surface area contributed by atoms with E-state index in [9.17, 15) is 15.2 Å². The Hall–Kier alpha value is -2.80. The topological polar surface area (TPSA) is 100 Å². The lowest BCUT2D eigenvalue weighted by Gasteiger charge is -2.12. The molecule has 0 spiro atoms. The zero-order valence-corrected chi connectivity index (χ0v) is 12.7. The highest BCUT2D eigenvalue weighted by atomic mass is 16.6. The zero-order valence-electron chi connectivity index (χ0n) is 12.7. The minimum atomic E-state index is -0.562. The highest BCUT2D eigenvalue weighted by molar-refractivity contribution is 5.51. The van der Waals surface area contributed by atoms with Crippen LogP contribution in [0.25, 0.3) is 0 Å². The van der Waals surface area contributed by atoms with Crippen LogP contribution in [0, 0.1) is 10.1 Å². The molecular formula is C16H18N4O3. The number of aliphatic hydroxyl groups excluding tert-OH is 1. The summed E-state index contributed by atoms with van der Waals surface area (Å²) in [6.07, 6.45) is 1.02. The average Bonchev–Trinajstić information content (AvgIpc) is 2.55. The maximum absolute atomic E-state index is 10.6. The van der Waals surface area contributed by atoms with Crippen molar-refractivity contribution in [3.05, 3.63) is 58.6 Å². The van der Waals surface area contributed by atoms with Crippen LogP contribution in [0.3, 0.4) is 0 Å². The third-order valence-corrected chi connectivity index (χ3v) is 3.10. The second-order valence-electron chi connectivity index (χ2n) is 4.97. The van der Waals surface area contributed by atoms with Crippen molar-refractivity contribution >= 4 is 22.7 Å². The number of nitrogens with one attached hydrogen (secondary N) is 1. The van der Waals surface area contributed by atoms with Gasteiger partial charge in [0.15, 0.2) is 0 Å². The van der Waals surface area contributed by atoms with Crippen LogP contribution in [0.5, 0.6) is 0 Å². The number of rotatable bonds is 7. The van der Waals surface area contributed by atoms with E-state index in [-0.39, 0.29) is 5.69 Å². The van der Waals surface area contributed by atoms with Crippen molar-refractivity contribution in [1.82, 2.24) is 0 Å². The number of nitro groups is 1. The number of azo groups is 1. The minimum absolute atomic E-state index is 0.0185. The summed E-state index contributed by atoms with van der Waals surface area (Å²) in [6, 6.07) is 13.0. The maximum Gasteiger partial charge on any atom is 0.269 e. The van der Waals surface area contributed by atoms with Crippen molar-refractivity contribution in [3.63, 3.8) is 0 Å². The Kier molecular flexibility index (Phi) is 5.76. The van der Waals surface area contributed by atoms with Crippen molar-refractivity contribution in [2.24, 2.45) is 10.2 Å². The Morgan fingerprint density at radius 1 is 1.09 bits per heavy atom. The molecule has 0 aromatic heterocycles. The lowest BCUT2D eigenvalue weighted by atomic mass is 10.2. The Morgan fingerprint density at radius 2 is 1.61 bits per heavy atom. The highest BCUT2D eigenvalue weighted by Crippen LogP contribution is 2.22. The summed E-state index contributed by atoms with van der Waals surface area (Å²) in [5.41, 5.74) is 2.01. The average molecular weight is 314 g/mol. The van der Waals surface area contributed by atoms with Crippen LogP contribution in [0.4, 0.5) is 22.7 Å². The van der Waals surface area contributed by atoms with E-state index in [2.05, 4.69) is 15.5 Å². The van der Waals surface area contributed by atoms with Gasteiger partial charge in [-0.1, -0.05) is 13.3 Å². The van der Waals surface area contributed by atoms with Crippen LogP contribution < -0.4 is 5.32 Å². The molecule has 2 N–H and O–H groups in total. The summed E-state index contributed by atoms with van der Waals surface area (Å²) in [5.74, 6) is 0. The first-order chi connectivity index (χ1) is 11.1. The van der Waals surface area contributed by atoms with E-state index < -0.39 is 11.2 Å². The Balaban J connectivity index is 1.98. The largest absolute Gasteiger partial charge is 0.374 e. The molecule has 1 atom stereocenters. The van der Waals surface area contributed by atoms with Crippen molar-refractivity contribution < 1.29 is 10.0 Å². The first-order valence-electron chi connectivity index (χ1n) is 7.29. The number of hydrogen-bond acceptors (Lipinski definition) is 6. The van der Waals surface area contributed by atoms with Crippen LogP contribution in [0.1, 0.15) is 19.8 Å². The quantitative estimate of drug-likeness (QED) is 0.339. The predicted octanol–water partition coefficient (Wildman–Crippen LogP) is 4.54. The first-order valence-corrected chi connectivity index (χ1v) is 7.29. The summed E-state index contributed by atoms with van der Waals surface area (Å²) in [7, 11) is 0. The lowest BCUT2D eigenvalue weighted by molar-refractivity contribution is -0.384. The van der Waals surface area contributed by atoms with Gasteiger partial charge in [-0.3, -0.25) is 10.1 Å². The van der Waals surface area contributed by atoms with Gasteiger partial charge in [0.1, 0.15) is 6.23 Å². The molecule has 0 aliphatic heterocycles. The van der Waals surface area contributed by atoms with Crippen LogP contribution in [0.2, 0.25) is 0 Å². The molecule has 23 heavy (non-hydrogen) atoms. The second kappa shape index (κ2) is 8.00. The normalized spacial score (nSPS) is 12.3. The van der Waals surface area contributed by atoms with E-state index in [1.807, 2.05) is 19.1 Å². The van der Waals surface area contributed by atoms with Crippen LogP contribution in [-0.2, 0) is 0 Å². The van der Waals surface area contributed by atoms with Gasteiger partial charge in [-0.2, -0.15) is 10.2 Å². The number of hydrogen-bond donors (Lipinski definition) is 2. The molecule has 0 aliphatic rings. The number of non-ortho nitro benzene ring substituents is 1. The zero-order chi connectivity index (χ0) is 16.7. The Morgan fingerprint density at radius 3 is 2.09 bits per heavy atom. The van der Waals surface area contributed by atoms with Crippen molar-refractivity contribution in [2.45, 2.75) is 26.0 Å². The molecule has 0 amide bonds. The molecule has 0 saturated carbocycles. The molecule has 7 nitrogen and oxygen atoms in total. The van der Waals surface area contributed by atoms with Gasteiger partial charge in [-0.05, 0) is 42.8 Å². The molecule has 1 unspecified atom stereocenters. The van der Waals surface area contributed by atoms with Gasteiger partial charge in [0.25, 0.3) is 5.69 Å². The van der Waals surface area contributed by atoms with E-state index in [1.165, 1.54) is 12.1 Å². The Bertz CT molecular complexity index is 669.